The summed E-state index contributed by atoms with van der Waals surface area (Å²) in [5.41, 5.74) is 5.83. The van der Waals surface area contributed by atoms with Gasteiger partial charge in [-0.2, -0.15) is 0 Å². The number of nitrogens with two attached hydrogens (primary N) is 1. The van der Waals surface area contributed by atoms with Gasteiger partial charge in [0.1, 0.15) is 5.15 Å². The molecular weight excluding hydrogens is 187 g/mol. The van der Waals surface area contributed by atoms with Crippen LogP contribution in [0.3, 0.4) is 0 Å². The van der Waals surface area contributed by atoms with Crippen molar-refractivity contribution in [2.45, 2.75) is 0 Å². The van der Waals surface area contributed by atoms with Crippen molar-refractivity contribution in [1.82, 2.24) is 4.98 Å². The zero-order valence-corrected chi connectivity index (χ0v) is 6.86. The Labute approximate surface area is 73.1 Å². The molecule has 0 aliphatic rings. The van der Waals surface area contributed by atoms with Crippen LogP contribution in [0.5, 0.6) is 0 Å². The molecule has 3 nitrogen and oxygen atoms in total. The number of carbonyl (C=O) groups is 1. The number of aromatic nitrogens is 1. The van der Waals surface area contributed by atoms with Crippen LogP contribution in [0.15, 0.2) is 12.3 Å². The maximum atomic E-state index is 10.6. The number of nitrogens with zero attached hydrogens (tertiary/aromatic N) is 1. The first-order chi connectivity index (χ1) is 5.11. The molecule has 0 radical (unpaired) electrons. The Morgan fingerprint density at radius 2 is 2.27 bits per heavy atom. The molecule has 1 aromatic rings. The first-order valence-electron chi connectivity index (χ1n) is 2.72. The first-order valence-corrected chi connectivity index (χ1v) is 3.47. The van der Waals surface area contributed by atoms with Crippen molar-refractivity contribution in [3.63, 3.8) is 0 Å². The van der Waals surface area contributed by atoms with Gasteiger partial charge in [0.05, 0.1) is 17.4 Å². The van der Waals surface area contributed by atoms with Gasteiger partial charge >= 0.3 is 0 Å². The van der Waals surface area contributed by atoms with Crippen molar-refractivity contribution in [2.24, 2.45) is 0 Å². The Balaban J connectivity index is 3.23. The largest absolute Gasteiger partial charge is 0.397 e. The highest BCUT2D eigenvalue weighted by molar-refractivity contribution is 6.68. The Bertz CT molecular complexity index is 301. The van der Waals surface area contributed by atoms with Crippen molar-refractivity contribution < 1.29 is 4.79 Å². The molecule has 1 aromatic heterocycles. The van der Waals surface area contributed by atoms with Crippen LogP contribution in [0.4, 0.5) is 5.69 Å². The molecule has 0 bridgehead atoms. The number of carbonyl (C=O) groups excluding carboxylic acids is 1. The van der Waals surface area contributed by atoms with Crippen LogP contribution >= 0.6 is 23.2 Å². The van der Waals surface area contributed by atoms with Crippen molar-refractivity contribution in [3.05, 3.63) is 23.0 Å². The topological polar surface area (TPSA) is 56.0 Å². The second-order valence-electron chi connectivity index (χ2n) is 1.88. The predicted molar refractivity (Wildman–Crippen MR) is 43.8 cm³/mol. The fraction of sp³-hybridized carbons (Fsp3) is 0. The molecule has 1 rings (SSSR count). The van der Waals surface area contributed by atoms with E-state index in [9.17, 15) is 4.79 Å². The number of halogens is 2. The van der Waals surface area contributed by atoms with Crippen molar-refractivity contribution in [2.75, 3.05) is 5.73 Å². The van der Waals surface area contributed by atoms with E-state index in [0.717, 1.165) is 0 Å². The Hall–Kier alpha value is -0.800. The summed E-state index contributed by atoms with van der Waals surface area (Å²) in [6.45, 7) is 0. The summed E-state index contributed by atoms with van der Waals surface area (Å²) in [5.74, 6) is 0. The van der Waals surface area contributed by atoms with E-state index < -0.39 is 5.24 Å². The molecule has 0 aliphatic heterocycles. The number of anilines is 1. The van der Waals surface area contributed by atoms with Gasteiger partial charge in [-0.05, 0) is 17.7 Å². The summed E-state index contributed by atoms with van der Waals surface area (Å²) < 4.78 is 0. The van der Waals surface area contributed by atoms with Crippen LogP contribution in [0.1, 0.15) is 10.4 Å². The summed E-state index contributed by atoms with van der Waals surface area (Å²) in [4.78, 5) is 14.2. The summed E-state index contributed by atoms with van der Waals surface area (Å²) in [6, 6.07) is 1.38. The fourth-order valence-electron chi connectivity index (χ4n) is 0.602. The third-order valence-electron chi connectivity index (χ3n) is 1.07. The summed E-state index contributed by atoms with van der Waals surface area (Å²) >= 11 is 10.7. The van der Waals surface area contributed by atoms with Gasteiger partial charge in [-0.25, -0.2) is 4.98 Å². The van der Waals surface area contributed by atoms with Gasteiger partial charge < -0.3 is 5.73 Å². The molecule has 0 amide bonds. The number of rotatable bonds is 1. The lowest BCUT2D eigenvalue weighted by Gasteiger charge is -1.97. The van der Waals surface area contributed by atoms with Gasteiger partial charge in [0.15, 0.2) is 0 Å². The second-order valence-corrected chi connectivity index (χ2v) is 2.58. The Kier molecular flexibility index (Phi) is 2.31. The van der Waals surface area contributed by atoms with E-state index in [1.165, 1.54) is 12.3 Å². The molecule has 5 heteroatoms. The summed E-state index contributed by atoms with van der Waals surface area (Å²) in [7, 11) is 0. The number of nitrogen functional groups attached to an aromatic ring is 1. The molecule has 0 saturated carbocycles. The molecule has 0 aromatic carbocycles. The highest BCUT2D eigenvalue weighted by Gasteiger charge is 2.08. The summed E-state index contributed by atoms with van der Waals surface area (Å²) in [6.07, 6.45) is 1.35. The van der Waals surface area contributed by atoms with Gasteiger partial charge in [-0.1, -0.05) is 11.6 Å². The zero-order chi connectivity index (χ0) is 8.43. The van der Waals surface area contributed by atoms with Crippen molar-refractivity contribution in [1.29, 1.82) is 0 Å². The molecule has 2 N–H and O–H groups in total. The van der Waals surface area contributed by atoms with Crippen LogP contribution in [0.25, 0.3) is 0 Å². The molecular formula is C6H4Cl2N2O. The lowest BCUT2D eigenvalue weighted by molar-refractivity contribution is 0.108. The smallest absolute Gasteiger partial charge is 0.255 e. The second kappa shape index (κ2) is 3.07. The Morgan fingerprint density at radius 1 is 1.64 bits per heavy atom. The highest BCUT2D eigenvalue weighted by atomic mass is 35.5. The van der Waals surface area contributed by atoms with Gasteiger partial charge in [-0.3, -0.25) is 4.79 Å². The van der Waals surface area contributed by atoms with Gasteiger partial charge in [0.2, 0.25) is 0 Å². The highest BCUT2D eigenvalue weighted by Crippen LogP contribution is 2.16. The SMILES string of the molecule is Nc1cnc(Cl)c(C(=O)Cl)c1. The van der Waals surface area contributed by atoms with Crippen LogP contribution in [-0.4, -0.2) is 10.2 Å². The van der Waals surface area contributed by atoms with Crippen molar-refractivity contribution >= 4 is 34.1 Å². The molecule has 0 atom stereocenters. The molecule has 0 unspecified atom stereocenters. The minimum absolute atomic E-state index is 0.0687. The average Bonchev–Trinajstić information content (AvgIpc) is 1.94. The molecule has 0 fully saturated rings. The molecule has 11 heavy (non-hydrogen) atoms. The van der Waals surface area contributed by atoms with Gasteiger partial charge in [0.25, 0.3) is 5.24 Å². The fourth-order valence-corrected chi connectivity index (χ4v) is 0.984. The average molecular weight is 191 g/mol. The first kappa shape index (κ1) is 8.30. The number of pyridine rings is 1. The minimum Gasteiger partial charge on any atom is -0.397 e. The molecule has 1 heterocycles. The van der Waals surface area contributed by atoms with Crippen molar-refractivity contribution in [3.8, 4) is 0 Å². The van der Waals surface area contributed by atoms with E-state index >= 15 is 0 Å². The molecule has 58 valence electrons. The maximum absolute atomic E-state index is 10.6. The van der Waals surface area contributed by atoms with E-state index in [4.69, 9.17) is 28.9 Å². The van der Waals surface area contributed by atoms with E-state index in [2.05, 4.69) is 4.98 Å². The summed E-state index contributed by atoms with van der Waals surface area (Å²) in [5, 5.41) is -0.589. The zero-order valence-electron chi connectivity index (χ0n) is 5.34. The third-order valence-corrected chi connectivity index (χ3v) is 1.58. The van der Waals surface area contributed by atoms with E-state index in [-0.39, 0.29) is 10.7 Å². The van der Waals surface area contributed by atoms with Crippen LogP contribution in [-0.2, 0) is 0 Å². The van der Waals surface area contributed by atoms with E-state index in [1.807, 2.05) is 0 Å². The lowest BCUT2D eigenvalue weighted by atomic mass is 10.3. The minimum atomic E-state index is -0.658. The maximum Gasteiger partial charge on any atom is 0.255 e. The van der Waals surface area contributed by atoms with Gasteiger partial charge in [-0.15, -0.1) is 0 Å². The third kappa shape index (κ3) is 1.82. The predicted octanol–water partition coefficient (Wildman–Crippen LogP) is 1.70. The quantitative estimate of drug-likeness (QED) is 0.542. The molecule has 0 aliphatic carbocycles. The lowest BCUT2D eigenvalue weighted by Crippen LogP contribution is -1.95. The van der Waals surface area contributed by atoms with Crippen LogP contribution in [0, 0.1) is 0 Å². The van der Waals surface area contributed by atoms with E-state index in [0.29, 0.717) is 5.69 Å². The normalized spacial score (nSPS) is 9.64. The van der Waals surface area contributed by atoms with Crippen LogP contribution in [0.2, 0.25) is 5.15 Å². The number of hydrogen-bond donors (Lipinski definition) is 1. The monoisotopic (exact) mass is 190 g/mol. The van der Waals surface area contributed by atoms with Gasteiger partial charge in [0, 0.05) is 0 Å². The van der Waals surface area contributed by atoms with E-state index in [1.54, 1.807) is 0 Å². The Morgan fingerprint density at radius 3 is 2.73 bits per heavy atom. The molecule has 0 spiro atoms. The standard InChI is InChI=1S/C6H4Cl2N2O/c7-5-4(6(8)11)1-3(9)2-10-5/h1-2H,9H2. The molecule has 0 saturated heterocycles. The number of hydrogen-bond acceptors (Lipinski definition) is 3. The van der Waals surface area contributed by atoms with Crippen LogP contribution < -0.4 is 5.73 Å².